The molecule has 0 bridgehead atoms. The molecule has 0 saturated heterocycles. The number of rotatable bonds is 1. The first-order valence-electron chi connectivity index (χ1n) is 3.92. The van der Waals surface area contributed by atoms with Crippen molar-refractivity contribution in [2.45, 2.75) is 4.90 Å². The largest absolute Gasteiger partial charge is 0.762 e. The van der Waals surface area contributed by atoms with Crippen molar-refractivity contribution in [3.8, 4) is 0 Å². The number of benzene rings is 1. The molecule has 0 aliphatic heterocycles. The van der Waals surface area contributed by atoms with Gasteiger partial charge in [-0.2, -0.15) is 0 Å². The molecule has 0 spiro atoms. The third-order valence-corrected chi connectivity index (χ3v) is 3.62. The van der Waals surface area contributed by atoms with Crippen LogP contribution in [0.15, 0.2) is 29.2 Å². The maximum atomic E-state index is 11.0. The molecule has 0 aliphatic rings. The van der Waals surface area contributed by atoms with Crippen LogP contribution in [0.3, 0.4) is 0 Å². The fraction of sp³-hybridized carbons (Fsp3) is 0.143. The molecular weight excluding hydrogens is 255 g/mol. The van der Waals surface area contributed by atoms with Gasteiger partial charge in [-0.25, -0.2) is 0 Å². The summed E-state index contributed by atoms with van der Waals surface area (Å²) >= 11 is 0.628. The van der Waals surface area contributed by atoms with E-state index in [1.807, 2.05) is 12.1 Å². The van der Waals surface area contributed by atoms with Gasteiger partial charge in [0.1, 0.15) is 0 Å². The second-order valence-electron chi connectivity index (χ2n) is 2.83. The minimum absolute atomic E-state index is 0.408. The molecule has 78 valence electrons. The van der Waals surface area contributed by atoms with E-state index >= 15 is 0 Å². The molecule has 0 N–H and O–H groups in total. The summed E-state index contributed by atoms with van der Waals surface area (Å²) < 4.78 is 52.2. The summed E-state index contributed by atoms with van der Waals surface area (Å²) in [5.41, 5.74) is 0. The van der Waals surface area contributed by atoms with Crippen LogP contribution < -0.4 is -0.342 Å². The molecule has 0 heterocycles. The molecule has 0 unspecified atom stereocenters. The summed E-state index contributed by atoms with van der Waals surface area (Å²) in [4.78, 5) is 0.408. The van der Waals surface area contributed by atoms with E-state index in [9.17, 15) is 21.4 Å². The van der Waals surface area contributed by atoms with Crippen LogP contribution in [0.2, 0.25) is 0 Å². The van der Waals surface area contributed by atoms with E-state index in [0.717, 1.165) is 0 Å². The van der Waals surface area contributed by atoms with Gasteiger partial charge < -0.3 is 0 Å². The van der Waals surface area contributed by atoms with E-state index in [-0.39, 0.29) is 0 Å². The second kappa shape index (κ2) is 7.08. The van der Waals surface area contributed by atoms with Gasteiger partial charge >= 0.3 is 110 Å². The van der Waals surface area contributed by atoms with Crippen molar-refractivity contribution < 1.29 is 21.4 Å². The van der Waals surface area contributed by atoms with Crippen molar-refractivity contribution in [2.24, 2.45) is 0 Å². The first-order valence-corrected chi connectivity index (χ1v) is 7.37. The SMILES string of the molecule is CS(=O)(=O)c1cc[c]([K])cc1.FB(F)F. The van der Waals surface area contributed by atoms with E-state index in [1.54, 1.807) is 12.1 Å². The van der Waals surface area contributed by atoms with Crippen LogP contribution >= 0.6 is 0 Å². The predicted octanol–water partition coefficient (Wildman–Crippen LogP) is 0.764. The second-order valence-corrected chi connectivity index (χ2v) is 6.65. The maximum absolute atomic E-state index is 11.0. The average molecular weight is 262 g/mol. The Balaban J connectivity index is 0.000000423. The Morgan fingerprint density at radius 1 is 1.13 bits per heavy atom. The van der Waals surface area contributed by atoms with Gasteiger partial charge in [-0.05, 0) is 0 Å². The van der Waals surface area contributed by atoms with Gasteiger partial charge in [0.15, 0.2) is 0 Å². The Labute approximate surface area is 121 Å². The molecule has 0 saturated carbocycles. The molecular formula is C7H7BF3KO2S. The summed E-state index contributed by atoms with van der Waals surface area (Å²) in [6, 6.07) is 7.07. The first kappa shape index (κ1) is 15.7. The van der Waals surface area contributed by atoms with Crippen LogP contribution in [0.25, 0.3) is 0 Å². The Morgan fingerprint density at radius 2 is 1.47 bits per heavy atom. The molecule has 15 heavy (non-hydrogen) atoms. The van der Waals surface area contributed by atoms with Crippen LogP contribution in [-0.2, 0) is 9.84 Å². The monoisotopic (exact) mass is 262 g/mol. The Hall–Kier alpha value is 0.661. The van der Waals surface area contributed by atoms with E-state index in [2.05, 4.69) is 0 Å². The molecule has 1 aromatic rings. The molecule has 0 aromatic heterocycles. The third kappa shape index (κ3) is 8.47. The van der Waals surface area contributed by atoms with Crippen LogP contribution in [-0.4, -0.2) is 71.2 Å². The minimum atomic E-state index is -3.67. The topological polar surface area (TPSA) is 34.1 Å². The normalized spacial score (nSPS) is 10.3. The van der Waals surface area contributed by atoms with Gasteiger partial charge in [-0.1, -0.05) is 0 Å². The van der Waals surface area contributed by atoms with Crippen molar-refractivity contribution in [3.63, 3.8) is 0 Å². The third-order valence-electron chi connectivity index (χ3n) is 1.45. The number of hydrogen-bond donors (Lipinski definition) is 0. The molecule has 8 heteroatoms. The van der Waals surface area contributed by atoms with Crippen LogP contribution in [0.1, 0.15) is 0 Å². The molecule has 2 nitrogen and oxygen atoms in total. The summed E-state index contributed by atoms with van der Waals surface area (Å²) in [6.45, 7) is 0. The zero-order valence-corrected chi connectivity index (χ0v) is 12.2. The zero-order chi connectivity index (χ0) is 12.1. The van der Waals surface area contributed by atoms with Crippen LogP contribution in [0, 0.1) is 0 Å². The van der Waals surface area contributed by atoms with E-state index in [0.29, 0.717) is 53.8 Å². The summed E-state index contributed by atoms with van der Waals surface area (Å²) in [7, 11) is -6.67. The molecule has 0 atom stereocenters. The van der Waals surface area contributed by atoms with Crippen molar-refractivity contribution in [2.75, 3.05) is 6.26 Å². The van der Waals surface area contributed by atoms with Crippen LogP contribution in [0.5, 0.6) is 0 Å². The average Bonchev–Trinajstić information content (AvgIpc) is 2.01. The van der Waals surface area contributed by atoms with Crippen molar-refractivity contribution >= 4 is 66.0 Å². The Morgan fingerprint density at radius 3 is 1.73 bits per heavy atom. The Bertz CT molecular complexity index is 390. The minimum Gasteiger partial charge on any atom is -0.254 e. The van der Waals surface area contributed by atoms with Crippen LogP contribution in [0.4, 0.5) is 12.9 Å². The fourth-order valence-corrected chi connectivity index (χ4v) is 1.94. The number of sulfone groups is 1. The molecule has 0 fully saturated rings. The van der Waals surface area contributed by atoms with E-state index in [1.165, 1.54) is 5.91 Å². The van der Waals surface area contributed by atoms with Gasteiger partial charge in [0.05, 0.1) is 0 Å². The molecule has 0 radical (unpaired) electrons. The van der Waals surface area contributed by atoms with Gasteiger partial charge in [-0.15, -0.1) is 0 Å². The van der Waals surface area contributed by atoms with Gasteiger partial charge in [0.2, 0.25) is 0 Å². The summed E-state index contributed by atoms with van der Waals surface area (Å²) in [5.74, 6) is 0. The maximum Gasteiger partial charge on any atom is 0.762 e. The summed E-state index contributed by atoms with van der Waals surface area (Å²) in [5, 5.41) is 0. The smallest absolute Gasteiger partial charge is 0.254 e. The van der Waals surface area contributed by atoms with E-state index < -0.39 is 17.4 Å². The molecule has 1 aromatic carbocycles. The van der Waals surface area contributed by atoms with Crippen molar-refractivity contribution in [1.29, 1.82) is 0 Å². The predicted molar refractivity (Wildman–Crippen MR) is 54.0 cm³/mol. The van der Waals surface area contributed by atoms with Gasteiger partial charge in [0, 0.05) is 0 Å². The van der Waals surface area contributed by atoms with Crippen molar-refractivity contribution in [1.82, 2.24) is 0 Å². The first-order chi connectivity index (χ1) is 6.73. The quantitative estimate of drug-likeness (QED) is 0.700. The van der Waals surface area contributed by atoms with E-state index in [4.69, 9.17) is 0 Å². The van der Waals surface area contributed by atoms with Gasteiger partial charge in [-0.3, -0.25) is 12.9 Å². The standard InChI is InChI=1S/C7H7O2S.BF3.K/c1-10(8,9)7-5-3-2-4-6-7;2-1(3)4;/h3-6H,1H3;;. The van der Waals surface area contributed by atoms with Gasteiger partial charge in [0.25, 0.3) is 0 Å². The number of hydrogen-bond acceptors (Lipinski definition) is 2. The molecule has 0 aliphatic carbocycles. The Kier molecular flexibility index (Phi) is 7.39. The zero-order valence-electron chi connectivity index (χ0n) is 8.25. The fourth-order valence-electron chi connectivity index (χ4n) is 0.785. The van der Waals surface area contributed by atoms with Crippen molar-refractivity contribution in [3.05, 3.63) is 24.3 Å². The number of halogens is 3. The molecule has 1 rings (SSSR count). The summed E-state index contributed by atoms with van der Waals surface area (Å²) in [6.07, 6.45) is 1.22. The molecule has 0 amide bonds.